The maximum Gasteiger partial charge on any atom is 0.316 e. The molecule has 2 heterocycles. The molecule has 1 aliphatic heterocycles. The number of benzene rings is 2. The Balaban J connectivity index is 1.41. The highest BCUT2D eigenvalue weighted by atomic mass is 16.5. The van der Waals surface area contributed by atoms with E-state index in [1.807, 2.05) is 43.3 Å². The Hall–Kier alpha value is -3.15. The van der Waals surface area contributed by atoms with Gasteiger partial charge >= 0.3 is 11.8 Å². The molecular formula is C21H22N4O2. The van der Waals surface area contributed by atoms with Crippen molar-refractivity contribution in [2.45, 2.75) is 26.3 Å². The fourth-order valence-electron chi connectivity index (χ4n) is 3.29. The van der Waals surface area contributed by atoms with E-state index in [1.165, 1.54) is 18.5 Å². The van der Waals surface area contributed by atoms with Crippen molar-refractivity contribution in [3.63, 3.8) is 0 Å². The van der Waals surface area contributed by atoms with Gasteiger partial charge in [0, 0.05) is 30.9 Å². The second-order valence-corrected chi connectivity index (χ2v) is 6.77. The van der Waals surface area contributed by atoms with E-state index in [4.69, 9.17) is 4.52 Å². The number of carbonyl (C=O) groups excluding carboxylic acids is 1. The average molecular weight is 362 g/mol. The van der Waals surface area contributed by atoms with E-state index in [2.05, 4.69) is 32.5 Å². The number of amides is 1. The highest BCUT2D eigenvalue weighted by Crippen LogP contribution is 2.24. The molecule has 0 unspecified atom stereocenters. The van der Waals surface area contributed by atoms with Gasteiger partial charge in [0.05, 0.1) is 0 Å². The van der Waals surface area contributed by atoms with Gasteiger partial charge in [0.1, 0.15) is 0 Å². The van der Waals surface area contributed by atoms with E-state index in [1.54, 1.807) is 0 Å². The van der Waals surface area contributed by atoms with Crippen molar-refractivity contribution in [2.75, 3.05) is 18.0 Å². The van der Waals surface area contributed by atoms with Gasteiger partial charge in [-0.1, -0.05) is 29.4 Å². The smallest absolute Gasteiger partial charge is 0.316 e. The van der Waals surface area contributed by atoms with Crippen molar-refractivity contribution in [3.05, 3.63) is 65.5 Å². The van der Waals surface area contributed by atoms with Crippen LogP contribution in [0, 0.1) is 6.92 Å². The maximum atomic E-state index is 12.3. The fraction of sp³-hybridized carbons (Fsp3) is 0.286. The van der Waals surface area contributed by atoms with Crippen LogP contribution in [0.5, 0.6) is 0 Å². The van der Waals surface area contributed by atoms with Crippen LogP contribution in [0.1, 0.15) is 34.7 Å². The summed E-state index contributed by atoms with van der Waals surface area (Å²) < 4.78 is 5.15. The Morgan fingerprint density at radius 3 is 2.59 bits per heavy atom. The average Bonchev–Trinajstić information content (AvgIpc) is 3.39. The summed E-state index contributed by atoms with van der Waals surface area (Å²) in [5.74, 6) is 0.0249. The third kappa shape index (κ3) is 3.84. The van der Waals surface area contributed by atoms with Crippen molar-refractivity contribution in [1.82, 2.24) is 15.5 Å². The summed E-state index contributed by atoms with van der Waals surface area (Å²) in [6.07, 6.45) is 2.49. The number of nitrogens with zero attached hydrogens (tertiary/aromatic N) is 3. The van der Waals surface area contributed by atoms with Crippen LogP contribution < -0.4 is 10.2 Å². The predicted molar refractivity (Wildman–Crippen MR) is 104 cm³/mol. The van der Waals surface area contributed by atoms with Crippen molar-refractivity contribution in [2.24, 2.45) is 0 Å². The zero-order chi connectivity index (χ0) is 18.6. The molecule has 0 spiro atoms. The van der Waals surface area contributed by atoms with Crippen molar-refractivity contribution in [1.29, 1.82) is 0 Å². The predicted octanol–water partition coefficient (Wildman–Crippen LogP) is 3.58. The molecule has 1 N–H and O–H groups in total. The molecule has 0 saturated carbocycles. The number of aromatic nitrogens is 2. The summed E-state index contributed by atoms with van der Waals surface area (Å²) in [4.78, 5) is 18.9. The van der Waals surface area contributed by atoms with Crippen LogP contribution in [0.4, 0.5) is 5.69 Å². The van der Waals surface area contributed by atoms with Crippen LogP contribution in [0.15, 0.2) is 53.1 Å². The van der Waals surface area contributed by atoms with Gasteiger partial charge in [-0.3, -0.25) is 4.79 Å². The lowest BCUT2D eigenvalue weighted by atomic mass is 10.1. The van der Waals surface area contributed by atoms with Gasteiger partial charge in [0.25, 0.3) is 0 Å². The van der Waals surface area contributed by atoms with Crippen LogP contribution in [0.25, 0.3) is 11.4 Å². The second-order valence-electron chi connectivity index (χ2n) is 6.77. The van der Waals surface area contributed by atoms with E-state index in [9.17, 15) is 4.79 Å². The first-order valence-electron chi connectivity index (χ1n) is 9.22. The van der Waals surface area contributed by atoms with E-state index >= 15 is 0 Å². The van der Waals surface area contributed by atoms with E-state index < -0.39 is 0 Å². The van der Waals surface area contributed by atoms with Gasteiger partial charge in [-0.25, -0.2) is 0 Å². The van der Waals surface area contributed by atoms with Gasteiger partial charge in [0.15, 0.2) is 0 Å². The first-order valence-corrected chi connectivity index (χ1v) is 9.22. The normalized spacial score (nSPS) is 13.7. The summed E-state index contributed by atoms with van der Waals surface area (Å²) in [5.41, 5.74) is 4.22. The minimum atomic E-state index is -0.370. The molecule has 6 nitrogen and oxygen atoms in total. The summed E-state index contributed by atoms with van der Waals surface area (Å²) in [5, 5.41) is 6.77. The third-order valence-corrected chi connectivity index (χ3v) is 4.92. The molecule has 0 bridgehead atoms. The van der Waals surface area contributed by atoms with Crippen LogP contribution >= 0.6 is 0 Å². The van der Waals surface area contributed by atoms with Gasteiger partial charge < -0.3 is 14.7 Å². The Morgan fingerprint density at radius 1 is 1.11 bits per heavy atom. The molecule has 0 atom stereocenters. The van der Waals surface area contributed by atoms with Crippen LogP contribution in [0.2, 0.25) is 0 Å². The minimum absolute atomic E-state index is 0.0257. The van der Waals surface area contributed by atoms with E-state index in [-0.39, 0.29) is 11.8 Å². The van der Waals surface area contributed by atoms with Gasteiger partial charge in [-0.15, -0.1) is 0 Å². The van der Waals surface area contributed by atoms with Crippen molar-refractivity contribution >= 4 is 11.6 Å². The van der Waals surface area contributed by atoms with Crippen molar-refractivity contribution < 1.29 is 9.32 Å². The number of hydrogen-bond donors (Lipinski definition) is 1. The molecule has 3 aromatic rings. The summed E-state index contributed by atoms with van der Waals surface area (Å²) in [6.45, 7) is 4.64. The molecule has 27 heavy (non-hydrogen) atoms. The standard InChI is InChI=1S/C21H22N4O2/c1-15-6-2-3-7-17(15)14-22-20(26)21-23-19(24-27-21)16-8-10-18(11-9-16)25-12-4-5-13-25/h2-3,6-11H,4-5,12-14H2,1H3,(H,22,26). The molecule has 1 aliphatic rings. The lowest BCUT2D eigenvalue weighted by molar-refractivity contribution is 0.0907. The quantitative estimate of drug-likeness (QED) is 0.751. The number of aryl methyl sites for hydroxylation is 1. The highest BCUT2D eigenvalue weighted by Gasteiger charge is 2.17. The Kier molecular flexibility index (Phi) is 4.87. The largest absolute Gasteiger partial charge is 0.372 e. The number of hydrogen-bond acceptors (Lipinski definition) is 5. The van der Waals surface area contributed by atoms with Crippen LogP contribution in [-0.2, 0) is 6.54 Å². The first-order chi connectivity index (χ1) is 13.2. The Morgan fingerprint density at radius 2 is 1.85 bits per heavy atom. The molecule has 2 aromatic carbocycles. The SMILES string of the molecule is Cc1ccccc1CNC(=O)c1nc(-c2ccc(N3CCCC3)cc2)no1. The Bertz CT molecular complexity index is 927. The number of carbonyl (C=O) groups is 1. The topological polar surface area (TPSA) is 71.3 Å². The molecular weight excluding hydrogens is 340 g/mol. The Labute approximate surface area is 158 Å². The first kappa shape index (κ1) is 17.3. The molecule has 0 radical (unpaired) electrons. The molecule has 1 fully saturated rings. The van der Waals surface area contributed by atoms with Crippen LogP contribution in [0.3, 0.4) is 0 Å². The molecule has 1 amide bonds. The molecule has 1 saturated heterocycles. The summed E-state index contributed by atoms with van der Waals surface area (Å²) in [7, 11) is 0. The number of nitrogens with one attached hydrogen (secondary N) is 1. The highest BCUT2D eigenvalue weighted by molar-refractivity contribution is 5.89. The molecule has 0 aliphatic carbocycles. The summed E-state index contributed by atoms with van der Waals surface area (Å²) >= 11 is 0. The number of anilines is 1. The van der Waals surface area contributed by atoms with Gasteiger partial charge in [-0.2, -0.15) is 4.98 Å². The fourth-order valence-corrected chi connectivity index (χ4v) is 3.29. The van der Waals surface area contributed by atoms with Crippen molar-refractivity contribution in [3.8, 4) is 11.4 Å². The zero-order valence-corrected chi connectivity index (χ0v) is 15.3. The van der Waals surface area contributed by atoms with E-state index in [0.29, 0.717) is 12.4 Å². The van der Waals surface area contributed by atoms with E-state index in [0.717, 1.165) is 29.8 Å². The van der Waals surface area contributed by atoms with Crippen LogP contribution in [-0.4, -0.2) is 29.1 Å². The summed E-state index contributed by atoms with van der Waals surface area (Å²) in [6, 6.07) is 16.0. The monoisotopic (exact) mass is 362 g/mol. The second kappa shape index (κ2) is 7.61. The molecule has 138 valence electrons. The molecule has 1 aromatic heterocycles. The lowest BCUT2D eigenvalue weighted by Gasteiger charge is -2.17. The molecule has 6 heteroatoms. The minimum Gasteiger partial charge on any atom is -0.372 e. The zero-order valence-electron chi connectivity index (χ0n) is 15.3. The maximum absolute atomic E-state index is 12.3. The van der Waals surface area contributed by atoms with Gasteiger partial charge in [0.2, 0.25) is 5.82 Å². The molecule has 4 rings (SSSR count). The van der Waals surface area contributed by atoms with Gasteiger partial charge in [-0.05, 0) is 55.2 Å². The lowest BCUT2D eigenvalue weighted by Crippen LogP contribution is -2.23. The third-order valence-electron chi connectivity index (χ3n) is 4.92. The number of rotatable bonds is 5.